The molecule has 0 aromatic carbocycles. The maximum atomic E-state index is 12.0. The van der Waals surface area contributed by atoms with Crippen LogP contribution < -0.4 is 5.32 Å². The predicted molar refractivity (Wildman–Crippen MR) is 55.3 cm³/mol. The van der Waals surface area contributed by atoms with E-state index in [4.69, 9.17) is 4.74 Å². The first-order valence-electron chi connectivity index (χ1n) is 5.14. The number of nitrogens with one attached hydrogen (secondary N) is 1. The first kappa shape index (κ1) is 12.0. The fourth-order valence-corrected chi connectivity index (χ4v) is 1.53. The van der Waals surface area contributed by atoms with E-state index in [0.29, 0.717) is 19.5 Å². The number of amides is 2. The maximum absolute atomic E-state index is 12.0. The zero-order valence-electron chi connectivity index (χ0n) is 9.50. The summed E-state index contributed by atoms with van der Waals surface area (Å²) in [4.78, 5) is 24.7. The molecule has 0 aliphatic carbocycles. The van der Waals surface area contributed by atoms with Crippen molar-refractivity contribution in [2.24, 2.45) is 0 Å². The zero-order chi connectivity index (χ0) is 11.5. The molecule has 1 saturated heterocycles. The van der Waals surface area contributed by atoms with Crippen LogP contribution in [-0.4, -0.2) is 49.1 Å². The van der Waals surface area contributed by atoms with Crippen LogP contribution >= 0.6 is 0 Å². The number of carbonyl (C=O) groups excluding carboxylic acids is 2. The van der Waals surface area contributed by atoms with Crippen LogP contribution in [0.1, 0.15) is 20.3 Å². The molecule has 0 spiro atoms. The summed E-state index contributed by atoms with van der Waals surface area (Å²) in [7, 11) is 1.52. The lowest BCUT2D eigenvalue weighted by molar-refractivity contribution is -0.156. The van der Waals surface area contributed by atoms with E-state index >= 15 is 0 Å². The van der Waals surface area contributed by atoms with Gasteiger partial charge in [0.15, 0.2) is 0 Å². The third-order valence-electron chi connectivity index (χ3n) is 2.90. The van der Waals surface area contributed by atoms with Gasteiger partial charge in [0, 0.05) is 20.2 Å². The Labute approximate surface area is 89.8 Å². The largest absolute Gasteiger partial charge is 0.369 e. The highest BCUT2D eigenvalue weighted by atomic mass is 16.5. The number of ether oxygens (including phenoxy) is 1. The zero-order valence-corrected chi connectivity index (χ0v) is 9.50. The van der Waals surface area contributed by atoms with Crippen molar-refractivity contribution in [3.63, 3.8) is 0 Å². The molecule has 0 aromatic rings. The van der Waals surface area contributed by atoms with Crippen molar-refractivity contribution in [3.8, 4) is 0 Å². The molecule has 0 saturated carbocycles. The van der Waals surface area contributed by atoms with E-state index in [1.54, 1.807) is 11.8 Å². The van der Waals surface area contributed by atoms with E-state index < -0.39 is 5.60 Å². The molecule has 1 aliphatic heterocycles. The van der Waals surface area contributed by atoms with Crippen molar-refractivity contribution in [3.05, 3.63) is 0 Å². The standard InChI is InChI=1S/C10H18N2O3/c1-4-10(2,15-3)9(14)12-6-5-11-8(13)7-12/h4-7H2,1-3H3,(H,11,13). The molecule has 5 heteroatoms. The van der Waals surface area contributed by atoms with Gasteiger partial charge in [0.05, 0.1) is 6.54 Å². The molecule has 1 N–H and O–H groups in total. The van der Waals surface area contributed by atoms with E-state index in [-0.39, 0.29) is 18.4 Å². The fourth-order valence-electron chi connectivity index (χ4n) is 1.53. The van der Waals surface area contributed by atoms with E-state index in [2.05, 4.69) is 5.32 Å². The molecule has 0 bridgehead atoms. The van der Waals surface area contributed by atoms with Gasteiger partial charge in [0.1, 0.15) is 5.60 Å². The average Bonchev–Trinajstić information content (AvgIpc) is 2.27. The molecule has 1 unspecified atom stereocenters. The van der Waals surface area contributed by atoms with Gasteiger partial charge in [-0.3, -0.25) is 9.59 Å². The van der Waals surface area contributed by atoms with Crippen LogP contribution in [0.4, 0.5) is 0 Å². The molecule has 2 amide bonds. The summed E-state index contributed by atoms with van der Waals surface area (Å²) < 4.78 is 5.21. The summed E-state index contributed by atoms with van der Waals surface area (Å²) in [5, 5.41) is 2.68. The second-order valence-electron chi connectivity index (χ2n) is 3.87. The van der Waals surface area contributed by atoms with Gasteiger partial charge in [-0.05, 0) is 13.3 Å². The van der Waals surface area contributed by atoms with Gasteiger partial charge in [0.25, 0.3) is 5.91 Å². The average molecular weight is 214 g/mol. The lowest BCUT2D eigenvalue weighted by Crippen LogP contribution is -2.56. The third kappa shape index (κ3) is 2.47. The monoisotopic (exact) mass is 214 g/mol. The number of carbonyl (C=O) groups is 2. The molecular weight excluding hydrogens is 196 g/mol. The predicted octanol–water partition coefficient (Wildman–Crippen LogP) is -0.240. The smallest absolute Gasteiger partial charge is 0.255 e. The topological polar surface area (TPSA) is 58.6 Å². The minimum atomic E-state index is -0.808. The Balaban J connectivity index is 2.70. The first-order chi connectivity index (χ1) is 7.03. The van der Waals surface area contributed by atoms with E-state index in [0.717, 1.165) is 0 Å². The SMILES string of the molecule is CCC(C)(OC)C(=O)N1CCNC(=O)C1. The van der Waals surface area contributed by atoms with Gasteiger partial charge in [0.2, 0.25) is 5.91 Å². The van der Waals surface area contributed by atoms with Gasteiger partial charge in [-0.15, -0.1) is 0 Å². The summed E-state index contributed by atoms with van der Waals surface area (Å²) in [6.45, 7) is 4.86. The summed E-state index contributed by atoms with van der Waals surface area (Å²) in [5.41, 5.74) is -0.808. The summed E-state index contributed by atoms with van der Waals surface area (Å²) in [5.74, 6) is -0.216. The molecule has 0 aromatic heterocycles. The number of hydrogen-bond acceptors (Lipinski definition) is 3. The Bertz CT molecular complexity index is 261. The van der Waals surface area contributed by atoms with Crippen LogP contribution in [0.5, 0.6) is 0 Å². The molecule has 0 radical (unpaired) electrons. The molecule has 1 heterocycles. The summed E-state index contributed by atoms with van der Waals surface area (Å²) in [6.07, 6.45) is 0.598. The van der Waals surface area contributed by atoms with Crippen molar-refractivity contribution in [1.82, 2.24) is 10.2 Å². The first-order valence-corrected chi connectivity index (χ1v) is 5.14. The molecular formula is C10H18N2O3. The number of rotatable bonds is 3. The van der Waals surface area contributed by atoms with Crippen molar-refractivity contribution in [2.45, 2.75) is 25.9 Å². The van der Waals surface area contributed by atoms with Crippen LogP contribution in [0, 0.1) is 0 Å². The molecule has 1 atom stereocenters. The Hall–Kier alpha value is -1.10. The van der Waals surface area contributed by atoms with Crippen LogP contribution in [-0.2, 0) is 14.3 Å². The van der Waals surface area contributed by atoms with Crippen LogP contribution in [0.3, 0.4) is 0 Å². The number of methoxy groups -OCH3 is 1. The normalized spacial score (nSPS) is 20.7. The van der Waals surface area contributed by atoms with Crippen LogP contribution in [0.15, 0.2) is 0 Å². The molecule has 1 aliphatic rings. The molecule has 1 rings (SSSR count). The Morgan fingerprint density at radius 3 is 2.80 bits per heavy atom. The van der Waals surface area contributed by atoms with Crippen molar-refractivity contribution in [2.75, 3.05) is 26.7 Å². The number of hydrogen-bond donors (Lipinski definition) is 1. The lowest BCUT2D eigenvalue weighted by atomic mass is 10.0. The number of nitrogens with zero attached hydrogens (tertiary/aromatic N) is 1. The van der Waals surface area contributed by atoms with Gasteiger partial charge < -0.3 is 15.0 Å². The van der Waals surface area contributed by atoms with Crippen molar-refractivity contribution in [1.29, 1.82) is 0 Å². The highest BCUT2D eigenvalue weighted by Crippen LogP contribution is 2.17. The fraction of sp³-hybridized carbons (Fsp3) is 0.800. The van der Waals surface area contributed by atoms with Gasteiger partial charge in [-0.2, -0.15) is 0 Å². The van der Waals surface area contributed by atoms with Gasteiger partial charge in [-0.1, -0.05) is 6.92 Å². The van der Waals surface area contributed by atoms with Crippen molar-refractivity contribution < 1.29 is 14.3 Å². The Kier molecular flexibility index (Phi) is 3.68. The van der Waals surface area contributed by atoms with E-state index in [9.17, 15) is 9.59 Å². The summed E-state index contributed by atoms with van der Waals surface area (Å²) >= 11 is 0. The minimum Gasteiger partial charge on any atom is -0.369 e. The third-order valence-corrected chi connectivity index (χ3v) is 2.90. The van der Waals surface area contributed by atoms with Gasteiger partial charge in [-0.25, -0.2) is 0 Å². The molecule has 5 nitrogen and oxygen atoms in total. The Morgan fingerprint density at radius 1 is 1.67 bits per heavy atom. The quantitative estimate of drug-likeness (QED) is 0.705. The molecule has 15 heavy (non-hydrogen) atoms. The highest BCUT2D eigenvalue weighted by molar-refractivity contribution is 5.90. The van der Waals surface area contributed by atoms with Gasteiger partial charge >= 0.3 is 0 Å². The highest BCUT2D eigenvalue weighted by Gasteiger charge is 2.36. The molecule has 1 fully saturated rings. The van der Waals surface area contributed by atoms with Crippen molar-refractivity contribution >= 4 is 11.8 Å². The van der Waals surface area contributed by atoms with E-state index in [1.165, 1.54) is 7.11 Å². The second kappa shape index (κ2) is 4.61. The van der Waals surface area contributed by atoms with Crippen LogP contribution in [0.25, 0.3) is 0 Å². The van der Waals surface area contributed by atoms with Crippen LogP contribution in [0.2, 0.25) is 0 Å². The summed E-state index contributed by atoms with van der Waals surface area (Å²) in [6, 6.07) is 0. The number of piperazine rings is 1. The minimum absolute atomic E-state index is 0.107. The Morgan fingerprint density at radius 2 is 2.33 bits per heavy atom. The molecule has 86 valence electrons. The van der Waals surface area contributed by atoms with E-state index in [1.807, 2.05) is 6.92 Å². The lowest BCUT2D eigenvalue weighted by Gasteiger charge is -2.34. The maximum Gasteiger partial charge on any atom is 0.255 e. The second-order valence-corrected chi connectivity index (χ2v) is 3.87.